The molecule has 2 aromatic heterocycles. The number of para-hydroxylation sites is 1. The van der Waals surface area contributed by atoms with Gasteiger partial charge in [-0.1, -0.05) is 12.1 Å². The molecule has 0 aliphatic carbocycles. The van der Waals surface area contributed by atoms with Crippen molar-refractivity contribution in [1.82, 2.24) is 4.98 Å². The lowest BCUT2D eigenvalue weighted by Crippen LogP contribution is -1.86. The quantitative estimate of drug-likeness (QED) is 0.395. The van der Waals surface area contributed by atoms with Gasteiger partial charge in [-0.3, -0.25) is 0 Å². The van der Waals surface area contributed by atoms with Crippen LogP contribution in [0.15, 0.2) is 40.8 Å². The number of aromatic nitrogens is 1. The third-order valence-electron chi connectivity index (χ3n) is 3.51. The highest BCUT2D eigenvalue weighted by Gasteiger charge is 2.15. The van der Waals surface area contributed by atoms with Gasteiger partial charge >= 0.3 is 0 Å². The number of furan rings is 1. The van der Waals surface area contributed by atoms with Crippen molar-refractivity contribution >= 4 is 55.6 Å². The van der Waals surface area contributed by atoms with Crippen LogP contribution in [0, 0.1) is 16.3 Å². The Balaban J connectivity index is 2.29. The van der Waals surface area contributed by atoms with Crippen molar-refractivity contribution in [2.75, 3.05) is 0 Å². The number of nitrogens with zero attached hydrogens (tertiary/aromatic N) is 1. The first kappa shape index (κ1) is 12.1. The van der Waals surface area contributed by atoms with Crippen LogP contribution in [0.4, 0.5) is 4.39 Å². The molecule has 4 heteroatoms. The highest BCUT2D eigenvalue weighted by atomic mass is 127. The van der Waals surface area contributed by atoms with Gasteiger partial charge in [0.1, 0.15) is 16.9 Å². The Morgan fingerprint density at radius 1 is 1.10 bits per heavy atom. The second-order valence-electron chi connectivity index (χ2n) is 4.82. The van der Waals surface area contributed by atoms with Crippen LogP contribution in [0.25, 0.3) is 33.0 Å². The van der Waals surface area contributed by atoms with Crippen LogP contribution in [0.3, 0.4) is 0 Å². The molecule has 0 radical (unpaired) electrons. The molecule has 0 N–H and O–H groups in total. The summed E-state index contributed by atoms with van der Waals surface area (Å²) in [5.41, 5.74) is 4.28. The molecule has 0 saturated heterocycles. The topological polar surface area (TPSA) is 26.0 Å². The smallest absolute Gasteiger partial charge is 0.167 e. The van der Waals surface area contributed by atoms with Crippen molar-refractivity contribution in [1.29, 1.82) is 0 Å². The molecule has 0 saturated carbocycles. The van der Waals surface area contributed by atoms with Gasteiger partial charge in [-0.05, 0) is 59.3 Å². The van der Waals surface area contributed by atoms with E-state index in [9.17, 15) is 4.39 Å². The monoisotopic (exact) mass is 377 g/mol. The summed E-state index contributed by atoms with van der Waals surface area (Å²) in [4.78, 5) is 4.64. The molecule has 2 heterocycles. The van der Waals surface area contributed by atoms with E-state index >= 15 is 0 Å². The van der Waals surface area contributed by atoms with Crippen molar-refractivity contribution in [2.24, 2.45) is 0 Å². The first-order valence-electron chi connectivity index (χ1n) is 6.22. The van der Waals surface area contributed by atoms with E-state index in [-0.39, 0.29) is 5.82 Å². The van der Waals surface area contributed by atoms with Crippen LogP contribution in [0.1, 0.15) is 5.56 Å². The lowest BCUT2D eigenvalue weighted by molar-refractivity contribution is 0.629. The minimum atomic E-state index is -0.260. The molecule has 20 heavy (non-hydrogen) atoms. The van der Waals surface area contributed by atoms with Gasteiger partial charge in [0, 0.05) is 10.8 Å². The molecule has 0 atom stereocenters. The van der Waals surface area contributed by atoms with Gasteiger partial charge < -0.3 is 4.42 Å². The normalized spacial score (nSPS) is 11.8. The second-order valence-corrected chi connectivity index (χ2v) is 5.90. The van der Waals surface area contributed by atoms with Gasteiger partial charge in [-0.2, -0.15) is 0 Å². The second kappa shape index (κ2) is 4.15. The lowest BCUT2D eigenvalue weighted by Gasteiger charge is -2.01. The van der Waals surface area contributed by atoms with Gasteiger partial charge in [-0.15, -0.1) is 0 Å². The fraction of sp³-hybridized carbons (Fsp3) is 0.0625. The first-order chi connectivity index (χ1) is 9.65. The van der Waals surface area contributed by atoms with E-state index < -0.39 is 0 Å². The molecular formula is C16H9FINO. The van der Waals surface area contributed by atoms with Gasteiger partial charge in [0.15, 0.2) is 5.58 Å². The van der Waals surface area contributed by atoms with Crippen molar-refractivity contribution in [3.05, 3.63) is 51.3 Å². The Morgan fingerprint density at radius 2 is 1.95 bits per heavy atom. The van der Waals surface area contributed by atoms with Gasteiger partial charge in [0.05, 0.1) is 9.09 Å². The van der Waals surface area contributed by atoms with Crippen LogP contribution in [-0.2, 0) is 0 Å². The lowest BCUT2D eigenvalue weighted by atomic mass is 10.1. The Labute approximate surface area is 127 Å². The molecule has 4 aromatic rings. The Bertz CT molecular complexity index is 990. The molecule has 2 aromatic carbocycles. The summed E-state index contributed by atoms with van der Waals surface area (Å²) >= 11 is 2.20. The van der Waals surface area contributed by atoms with Crippen molar-refractivity contribution < 1.29 is 8.81 Å². The maximum atomic E-state index is 13.4. The highest BCUT2D eigenvalue weighted by Crippen LogP contribution is 2.35. The van der Waals surface area contributed by atoms with Gasteiger partial charge in [0.25, 0.3) is 0 Å². The van der Waals surface area contributed by atoms with E-state index in [4.69, 9.17) is 4.42 Å². The molecule has 0 bridgehead atoms. The first-order valence-corrected chi connectivity index (χ1v) is 7.29. The predicted molar refractivity (Wildman–Crippen MR) is 86.4 cm³/mol. The van der Waals surface area contributed by atoms with E-state index in [0.29, 0.717) is 0 Å². The summed E-state index contributed by atoms with van der Waals surface area (Å²) in [6.45, 7) is 2.01. The van der Waals surface area contributed by atoms with Crippen LogP contribution in [0.2, 0.25) is 0 Å². The zero-order valence-corrected chi connectivity index (χ0v) is 12.7. The summed E-state index contributed by atoms with van der Waals surface area (Å²) < 4.78 is 20.3. The van der Waals surface area contributed by atoms with Crippen LogP contribution in [0.5, 0.6) is 0 Å². The largest absolute Gasteiger partial charge is 0.453 e. The molecule has 0 aliphatic heterocycles. The predicted octanol–water partition coefficient (Wildman–Crippen LogP) is 5.19. The minimum Gasteiger partial charge on any atom is -0.453 e. The Morgan fingerprint density at radius 3 is 2.80 bits per heavy atom. The minimum absolute atomic E-state index is 0.260. The summed E-state index contributed by atoms with van der Waals surface area (Å²) in [6, 6.07) is 10.7. The Hall–Kier alpha value is -1.69. The average molecular weight is 377 g/mol. The standard InChI is InChI=1S/C16H9FINO/c1-8-3-2-4-10-14-16(20-15(8)10)13(18)11-7-9(17)5-6-12(11)19-14/h2-7H,1H3. The molecule has 0 unspecified atom stereocenters. The van der Waals surface area contributed by atoms with Crippen LogP contribution >= 0.6 is 22.6 Å². The maximum Gasteiger partial charge on any atom is 0.167 e. The number of pyridine rings is 1. The number of hydrogen-bond donors (Lipinski definition) is 0. The number of rotatable bonds is 0. The van der Waals surface area contributed by atoms with E-state index in [1.54, 1.807) is 6.07 Å². The van der Waals surface area contributed by atoms with Crippen molar-refractivity contribution in [3.8, 4) is 0 Å². The molecule has 0 spiro atoms. The van der Waals surface area contributed by atoms with E-state index in [2.05, 4.69) is 27.6 Å². The van der Waals surface area contributed by atoms with E-state index in [1.807, 2.05) is 25.1 Å². The van der Waals surface area contributed by atoms with Crippen molar-refractivity contribution in [3.63, 3.8) is 0 Å². The SMILES string of the molecule is Cc1cccc2c1oc1c(I)c3cc(F)ccc3nc12. The number of aryl methyl sites for hydroxylation is 1. The average Bonchev–Trinajstić information content (AvgIpc) is 2.81. The zero-order chi connectivity index (χ0) is 13.9. The third-order valence-corrected chi connectivity index (χ3v) is 4.58. The molecular weight excluding hydrogens is 368 g/mol. The third kappa shape index (κ3) is 1.57. The van der Waals surface area contributed by atoms with Crippen LogP contribution < -0.4 is 0 Å². The molecule has 0 amide bonds. The number of hydrogen-bond acceptors (Lipinski definition) is 2. The molecule has 0 fully saturated rings. The van der Waals surface area contributed by atoms with Crippen LogP contribution in [-0.4, -0.2) is 4.98 Å². The van der Waals surface area contributed by atoms with Gasteiger partial charge in [0.2, 0.25) is 0 Å². The van der Waals surface area contributed by atoms with E-state index in [1.165, 1.54) is 12.1 Å². The summed E-state index contributed by atoms with van der Waals surface area (Å²) in [5, 5.41) is 1.79. The zero-order valence-electron chi connectivity index (χ0n) is 10.6. The van der Waals surface area contributed by atoms with Crippen molar-refractivity contribution in [2.45, 2.75) is 6.92 Å². The molecule has 98 valence electrons. The molecule has 2 nitrogen and oxygen atoms in total. The summed E-state index contributed by atoms with van der Waals surface area (Å²) in [5.74, 6) is -0.260. The Kier molecular flexibility index (Phi) is 2.51. The number of halogens is 2. The van der Waals surface area contributed by atoms with Gasteiger partial charge in [-0.25, -0.2) is 9.37 Å². The van der Waals surface area contributed by atoms with E-state index in [0.717, 1.165) is 42.1 Å². The number of fused-ring (bicyclic) bond motifs is 4. The molecule has 4 rings (SSSR count). The maximum absolute atomic E-state index is 13.4. The number of benzene rings is 2. The summed E-state index contributed by atoms with van der Waals surface area (Å²) in [6.07, 6.45) is 0. The highest BCUT2D eigenvalue weighted by molar-refractivity contribution is 14.1. The summed E-state index contributed by atoms with van der Waals surface area (Å²) in [7, 11) is 0. The fourth-order valence-electron chi connectivity index (χ4n) is 2.53. The molecule has 0 aliphatic rings. The fourth-order valence-corrected chi connectivity index (χ4v) is 3.33.